The van der Waals surface area contributed by atoms with E-state index in [1.54, 1.807) is 10.9 Å². The molecule has 3 aromatic heterocycles. The topological polar surface area (TPSA) is 267 Å². The van der Waals surface area contributed by atoms with E-state index >= 15 is 0 Å². The van der Waals surface area contributed by atoms with Gasteiger partial charge in [-0.1, -0.05) is 18.2 Å². The van der Waals surface area contributed by atoms with Gasteiger partial charge < -0.3 is 47.4 Å². The zero-order valence-electron chi connectivity index (χ0n) is 27.2. The number of nitrogens with zero attached hydrogens (tertiary/aromatic N) is 4. The molecule has 18 heteroatoms. The molecule has 2 unspecified atom stereocenters. The molecule has 5 rings (SSSR count). The van der Waals surface area contributed by atoms with Gasteiger partial charge in [-0.3, -0.25) is 24.2 Å². The molecule has 50 heavy (non-hydrogen) atoms. The number of aliphatic carboxylic acids is 1. The molecule has 4 heterocycles. The largest absolute Gasteiger partial charge is 0.480 e. The van der Waals surface area contributed by atoms with Gasteiger partial charge in [-0.2, -0.15) is 0 Å². The van der Waals surface area contributed by atoms with Crippen molar-refractivity contribution < 1.29 is 29.1 Å². The highest BCUT2D eigenvalue weighted by atomic mass is 32.1. The Morgan fingerprint density at radius 1 is 1.08 bits per heavy atom. The van der Waals surface area contributed by atoms with Crippen LogP contribution < -0.4 is 27.4 Å². The fourth-order valence-electron chi connectivity index (χ4n) is 5.99. The van der Waals surface area contributed by atoms with Gasteiger partial charge in [0, 0.05) is 66.6 Å². The first-order valence-corrected chi connectivity index (χ1v) is 16.8. The number of aliphatic imine (C=N–C) groups is 1. The molecule has 0 bridgehead atoms. The number of rotatable bonds is 15. The Kier molecular flexibility index (Phi) is 11.4. The molecule has 0 aliphatic carbocycles. The van der Waals surface area contributed by atoms with Gasteiger partial charge >= 0.3 is 5.97 Å². The van der Waals surface area contributed by atoms with Crippen molar-refractivity contribution in [3.63, 3.8) is 0 Å². The van der Waals surface area contributed by atoms with Gasteiger partial charge in [0.05, 0.1) is 24.1 Å². The molecule has 4 amide bonds. The number of carboxylic acids is 1. The highest BCUT2D eigenvalue weighted by molar-refractivity contribution is 7.07. The predicted octanol–water partition coefficient (Wildman–Crippen LogP) is -0.301. The molecule has 264 valence electrons. The number of nitrogens with two attached hydrogens (primary N) is 2. The number of guanidine groups is 1. The highest BCUT2D eigenvalue weighted by Crippen LogP contribution is 2.31. The molecular formula is C32H39N11O6S. The molecule has 0 fully saturated rings. The molecule has 0 saturated heterocycles. The van der Waals surface area contributed by atoms with E-state index in [0.29, 0.717) is 17.1 Å². The number of benzene rings is 1. The number of amides is 4. The number of carbonyl (C=O) groups excluding carboxylic acids is 4. The molecule has 0 spiro atoms. The third kappa shape index (κ3) is 8.81. The van der Waals surface area contributed by atoms with E-state index in [4.69, 9.17) is 11.5 Å². The van der Waals surface area contributed by atoms with Crippen molar-refractivity contribution in [2.24, 2.45) is 16.5 Å². The lowest BCUT2D eigenvalue weighted by Crippen LogP contribution is -2.59. The third-order valence-corrected chi connectivity index (χ3v) is 8.97. The number of carbonyl (C=O) groups is 5. The number of para-hydroxylation sites is 1. The fraction of sp³-hybridized carbons (Fsp3) is 0.375. The normalized spacial score (nSPS) is 15.7. The third-order valence-electron chi connectivity index (χ3n) is 8.33. The van der Waals surface area contributed by atoms with Crippen LogP contribution in [0, 0.1) is 0 Å². The van der Waals surface area contributed by atoms with E-state index in [-0.39, 0.29) is 51.2 Å². The highest BCUT2D eigenvalue weighted by Gasteiger charge is 2.40. The summed E-state index contributed by atoms with van der Waals surface area (Å²) in [5.74, 6) is -3.74. The molecule has 1 aliphatic rings. The van der Waals surface area contributed by atoms with Gasteiger partial charge in [-0.05, 0) is 24.5 Å². The summed E-state index contributed by atoms with van der Waals surface area (Å²) in [6.45, 7) is 1.40. The number of nitrogens with one attached hydrogen (secondary N) is 5. The zero-order chi connectivity index (χ0) is 35.8. The molecule has 17 nitrogen and oxygen atoms in total. The number of aromatic amines is 2. The van der Waals surface area contributed by atoms with Crippen LogP contribution in [-0.4, -0.2) is 96.2 Å². The van der Waals surface area contributed by atoms with E-state index in [0.717, 1.165) is 16.5 Å². The number of carboxylic acid groups (broad SMARTS) is 1. The summed E-state index contributed by atoms with van der Waals surface area (Å²) in [6.07, 6.45) is 3.42. The van der Waals surface area contributed by atoms with Crippen molar-refractivity contribution in [2.75, 3.05) is 6.54 Å². The Hall–Kier alpha value is -5.78. The van der Waals surface area contributed by atoms with Crippen molar-refractivity contribution in [1.29, 1.82) is 0 Å². The second-order valence-corrected chi connectivity index (χ2v) is 12.7. The molecule has 10 N–H and O–H groups in total. The second kappa shape index (κ2) is 16.1. The maximum absolute atomic E-state index is 14.3. The van der Waals surface area contributed by atoms with Gasteiger partial charge in [0.1, 0.15) is 24.2 Å². The zero-order valence-corrected chi connectivity index (χ0v) is 28.0. The van der Waals surface area contributed by atoms with Gasteiger partial charge in [-0.15, -0.1) is 11.3 Å². The molecule has 4 atom stereocenters. The number of H-pyrrole nitrogens is 2. The molecule has 1 aromatic carbocycles. The Labute approximate surface area is 290 Å². The Bertz CT molecular complexity index is 1850. The molecular weight excluding hydrogens is 666 g/mol. The van der Waals surface area contributed by atoms with Gasteiger partial charge in [0.25, 0.3) is 0 Å². The van der Waals surface area contributed by atoms with Crippen LogP contribution in [0.15, 0.2) is 52.7 Å². The first kappa shape index (κ1) is 35.5. The first-order valence-electron chi connectivity index (χ1n) is 15.9. The summed E-state index contributed by atoms with van der Waals surface area (Å²) in [5.41, 5.74) is 16.0. The average molecular weight is 706 g/mol. The van der Waals surface area contributed by atoms with Crippen LogP contribution in [0.1, 0.15) is 42.4 Å². The number of hydrogen-bond donors (Lipinski definition) is 8. The number of imidazole rings is 1. The summed E-state index contributed by atoms with van der Waals surface area (Å²) in [6, 6.07) is 2.84. The van der Waals surface area contributed by atoms with Gasteiger partial charge in [0.15, 0.2) is 5.96 Å². The lowest BCUT2D eigenvalue weighted by atomic mass is 9.95. The van der Waals surface area contributed by atoms with Crippen molar-refractivity contribution >= 4 is 57.8 Å². The number of fused-ring (bicyclic) bond motifs is 3. The van der Waals surface area contributed by atoms with Crippen LogP contribution in [0.2, 0.25) is 0 Å². The molecule has 4 aromatic rings. The standard InChI is InChI=1S/C32H39N11O6S/c1-17(44)39-24(9-18-12-35-15-37-18)28(45)42-25(10-19-14-50-16-38-19)29(46)41-23(7-4-8-36-32(33)34)30(47)43-13-26-21(11-27(43)31(48)49)20-5-2-3-6-22(20)40-26/h2-3,5-6,12,14-16,23-25,27,40H,4,7-11,13H2,1H3,(H,35,37)(H,39,44)(H,41,46)(H,42,45)(H,48,49)(H4,33,34,36)/t23-,24-,25?,27?/m0/s1. The summed E-state index contributed by atoms with van der Waals surface area (Å²) < 4.78 is 0. The molecule has 0 saturated carbocycles. The summed E-state index contributed by atoms with van der Waals surface area (Å²) in [7, 11) is 0. The van der Waals surface area contributed by atoms with Crippen LogP contribution in [0.4, 0.5) is 0 Å². The lowest BCUT2D eigenvalue weighted by molar-refractivity contribution is -0.153. The lowest BCUT2D eigenvalue weighted by Gasteiger charge is -2.36. The van der Waals surface area contributed by atoms with Crippen LogP contribution in [0.25, 0.3) is 10.9 Å². The minimum atomic E-state index is -1.22. The summed E-state index contributed by atoms with van der Waals surface area (Å²) in [5, 5.41) is 20.9. The Balaban J connectivity index is 1.40. The molecule has 0 radical (unpaired) electrons. The Morgan fingerprint density at radius 3 is 2.48 bits per heavy atom. The van der Waals surface area contributed by atoms with Crippen molar-refractivity contribution in [2.45, 2.75) is 69.7 Å². The summed E-state index contributed by atoms with van der Waals surface area (Å²) >= 11 is 1.31. The SMILES string of the molecule is CC(=O)N[C@@H](Cc1cnc[nH]1)C(=O)NC(Cc1cscn1)C(=O)N[C@@H](CCCN=C(N)N)C(=O)N1Cc2[nH]c3ccccc3c2CC1C(=O)O. The monoisotopic (exact) mass is 705 g/mol. The minimum Gasteiger partial charge on any atom is -0.480 e. The number of thiazole rings is 1. The van der Waals surface area contributed by atoms with Gasteiger partial charge in [0.2, 0.25) is 23.6 Å². The average Bonchev–Trinajstić information content (AvgIpc) is 3.86. The van der Waals surface area contributed by atoms with E-state index in [9.17, 15) is 29.1 Å². The van der Waals surface area contributed by atoms with Crippen LogP contribution >= 0.6 is 11.3 Å². The maximum atomic E-state index is 14.3. The smallest absolute Gasteiger partial charge is 0.326 e. The van der Waals surface area contributed by atoms with Crippen LogP contribution in [0.5, 0.6) is 0 Å². The van der Waals surface area contributed by atoms with E-state index in [2.05, 4.69) is 40.9 Å². The fourth-order valence-corrected chi connectivity index (χ4v) is 6.56. The summed E-state index contributed by atoms with van der Waals surface area (Å²) in [4.78, 5) is 86.0. The van der Waals surface area contributed by atoms with Gasteiger partial charge in [-0.25, -0.2) is 14.8 Å². The Morgan fingerprint density at radius 2 is 1.82 bits per heavy atom. The van der Waals surface area contributed by atoms with Crippen molar-refractivity contribution in [1.82, 2.24) is 40.8 Å². The van der Waals surface area contributed by atoms with Crippen LogP contribution in [0.3, 0.4) is 0 Å². The molecule has 1 aliphatic heterocycles. The quantitative estimate of drug-likeness (QED) is 0.0455. The number of hydrogen-bond acceptors (Lipinski definition) is 9. The second-order valence-electron chi connectivity index (χ2n) is 11.9. The first-order chi connectivity index (χ1) is 24.0. The van der Waals surface area contributed by atoms with E-state index < -0.39 is 53.8 Å². The van der Waals surface area contributed by atoms with E-state index in [1.807, 2.05) is 24.3 Å². The van der Waals surface area contributed by atoms with Crippen molar-refractivity contribution in [3.05, 3.63) is 70.3 Å². The van der Waals surface area contributed by atoms with Crippen molar-refractivity contribution in [3.8, 4) is 0 Å². The van der Waals surface area contributed by atoms with E-state index in [1.165, 1.54) is 35.7 Å². The number of aromatic nitrogens is 4. The predicted molar refractivity (Wildman–Crippen MR) is 183 cm³/mol. The van der Waals surface area contributed by atoms with Crippen LogP contribution in [-0.2, 0) is 49.8 Å². The maximum Gasteiger partial charge on any atom is 0.326 e. The minimum absolute atomic E-state index is 0.0211.